The van der Waals surface area contributed by atoms with Crippen LogP contribution in [0.25, 0.3) is 10.9 Å². The summed E-state index contributed by atoms with van der Waals surface area (Å²) in [6.45, 7) is 0. The molecule has 0 aliphatic rings. The van der Waals surface area contributed by atoms with Crippen LogP contribution in [0, 0.1) is 0 Å². The number of hydrogen-bond acceptors (Lipinski definition) is 2. The molecule has 0 amide bonds. The van der Waals surface area contributed by atoms with Crippen molar-refractivity contribution in [2.45, 2.75) is 0 Å². The minimum Gasteiger partial charge on any atom is -0.497 e. The molecule has 1 heterocycles. The number of benzene rings is 1. The van der Waals surface area contributed by atoms with Crippen molar-refractivity contribution in [1.82, 2.24) is 10.2 Å². The van der Waals surface area contributed by atoms with Crippen LogP contribution in [-0.2, 0) is 0 Å². The van der Waals surface area contributed by atoms with Gasteiger partial charge in [0.1, 0.15) is 10.9 Å². The fourth-order valence-electron chi connectivity index (χ4n) is 1.08. The highest BCUT2D eigenvalue weighted by Crippen LogP contribution is 2.24. The molecule has 62 valence electrons. The number of H-pyrrole nitrogens is 1. The molecule has 12 heavy (non-hydrogen) atoms. The smallest absolute Gasteiger partial charge is 0.132 e. The monoisotopic (exact) mass is 182 g/mol. The van der Waals surface area contributed by atoms with Gasteiger partial charge in [0, 0.05) is 5.39 Å². The van der Waals surface area contributed by atoms with Crippen molar-refractivity contribution in [2.75, 3.05) is 7.11 Å². The van der Waals surface area contributed by atoms with Gasteiger partial charge in [0.15, 0.2) is 0 Å². The van der Waals surface area contributed by atoms with E-state index < -0.39 is 0 Å². The summed E-state index contributed by atoms with van der Waals surface area (Å²) in [4.78, 5) is 0. The third kappa shape index (κ3) is 1.02. The molecule has 0 saturated carbocycles. The van der Waals surface area contributed by atoms with Crippen LogP contribution >= 0.6 is 11.6 Å². The molecule has 3 nitrogen and oxygen atoms in total. The Hall–Kier alpha value is -1.22. The van der Waals surface area contributed by atoms with Gasteiger partial charge in [0.2, 0.25) is 0 Å². The molecule has 0 atom stereocenters. The van der Waals surface area contributed by atoms with Crippen LogP contribution in [-0.4, -0.2) is 17.3 Å². The third-order valence-electron chi connectivity index (χ3n) is 1.71. The number of hydrogen-bond donors (Lipinski definition) is 1. The van der Waals surface area contributed by atoms with Crippen LogP contribution in [0.1, 0.15) is 0 Å². The van der Waals surface area contributed by atoms with Crippen LogP contribution in [0.4, 0.5) is 0 Å². The van der Waals surface area contributed by atoms with Crippen LogP contribution in [0.15, 0.2) is 18.2 Å². The summed E-state index contributed by atoms with van der Waals surface area (Å²) < 4.78 is 5.05. The maximum Gasteiger partial charge on any atom is 0.132 e. The number of fused-ring (bicyclic) bond motifs is 1. The van der Waals surface area contributed by atoms with Crippen molar-refractivity contribution in [2.24, 2.45) is 0 Å². The van der Waals surface area contributed by atoms with Gasteiger partial charge in [-0.25, -0.2) is 0 Å². The van der Waals surface area contributed by atoms with Gasteiger partial charge in [-0.2, -0.15) is 5.10 Å². The SMILES string of the molecule is COc1ccc2n[nH]c(Cl)c2c1. The zero-order chi connectivity index (χ0) is 8.55. The lowest BCUT2D eigenvalue weighted by molar-refractivity contribution is 0.415. The van der Waals surface area contributed by atoms with Crippen LogP contribution in [0.2, 0.25) is 5.15 Å². The molecule has 1 aromatic heterocycles. The molecule has 1 N–H and O–H groups in total. The predicted octanol–water partition coefficient (Wildman–Crippen LogP) is 2.22. The highest BCUT2D eigenvalue weighted by Gasteiger charge is 2.02. The normalized spacial score (nSPS) is 10.5. The molecule has 0 bridgehead atoms. The van der Waals surface area contributed by atoms with Gasteiger partial charge in [0.25, 0.3) is 0 Å². The maximum atomic E-state index is 5.83. The Bertz CT molecular complexity index is 410. The van der Waals surface area contributed by atoms with E-state index in [1.54, 1.807) is 7.11 Å². The molecule has 0 radical (unpaired) electrons. The van der Waals surface area contributed by atoms with Crippen molar-refractivity contribution in [3.8, 4) is 5.75 Å². The molecular weight excluding hydrogens is 176 g/mol. The lowest BCUT2D eigenvalue weighted by atomic mass is 10.2. The van der Waals surface area contributed by atoms with Crippen molar-refractivity contribution >= 4 is 22.5 Å². The van der Waals surface area contributed by atoms with Crippen molar-refractivity contribution in [3.63, 3.8) is 0 Å². The maximum absolute atomic E-state index is 5.83. The van der Waals surface area contributed by atoms with Gasteiger partial charge < -0.3 is 4.74 Å². The van der Waals surface area contributed by atoms with E-state index in [0.717, 1.165) is 16.7 Å². The number of nitrogens with one attached hydrogen (secondary N) is 1. The Balaban J connectivity index is 2.71. The topological polar surface area (TPSA) is 37.9 Å². The number of methoxy groups -OCH3 is 1. The molecule has 0 spiro atoms. The van der Waals surface area contributed by atoms with Gasteiger partial charge in [-0.3, -0.25) is 5.10 Å². The molecule has 0 unspecified atom stereocenters. The summed E-state index contributed by atoms with van der Waals surface area (Å²) in [6, 6.07) is 5.55. The lowest BCUT2D eigenvalue weighted by Gasteiger charge is -1.97. The summed E-state index contributed by atoms with van der Waals surface area (Å²) in [5.74, 6) is 0.783. The summed E-state index contributed by atoms with van der Waals surface area (Å²) >= 11 is 5.83. The second-order valence-corrected chi connectivity index (χ2v) is 2.80. The Kier molecular flexibility index (Phi) is 1.66. The number of rotatable bonds is 1. The molecule has 0 fully saturated rings. The van der Waals surface area contributed by atoms with E-state index in [-0.39, 0.29) is 0 Å². The average Bonchev–Trinajstić information content (AvgIpc) is 2.47. The number of ether oxygens (including phenoxy) is 1. The second kappa shape index (κ2) is 2.68. The van der Waals surface area contributed by atoms with E-state index in [4.69, 9.17) is 16.3 Å². The Morgan fingerprint density at radius 3 is 3.08 bits per heavy atom. The molecule has 0 saturated heterocycles. The molecule has 0 aliphatic heterocycles. The first-order chi connectivity index (χ1) is 5.81. The summed E-state index contributed by atoms with van der Waals surface area (Å²) in [5.41, 5.74) is 0.848. The summed E-state index contributed by atoms with van der Waals surface area (Å²) in [6.07, 6.45) is 0. The Morgan fingerprint density at radius 1 is 1.50 bits per heavy atom. The van der Waals surface area contributed by atoms with Gasteiger partial charge in [-0.05, 0) is 18.2 Å². The van der Waals surface area contributed by atoms with E-state index in [2.05, 4.69) is 10.2 Å². The minimum atomic E-state index is 0.545. The standard InChI is InChI=1S/C8H7ClN2O/c1-12-5-2-3-7-6(4-5)8(9)11-10-7/h2-4H,1H3,(H,10,11). The largest absolute Gasteiger partial charge is 0.497 e. The first-order valence-electron chi connectivity index (χ1n) is 3.49. The first kappa shape index (κ1) is 7.43. The molecule has 0 aliphatic carbocycles. The average molecular weight is 183 g/mol. The van der Waals surface area contributed by atoms with E-state index in [9.17, 15) is 0 Å². The van der Waals surface area contributed by atoms with E-state index in [0.29, 0.717) is 5.15 Å². The van der Waals surface area contributed by atoms with Gasteiger partial charge in [0.05, 0.1) is 12.6 Å². The minimum absolute atomic E-state index is 0.545. The summed E-state index contributed by atoms with van der Waals surface area (Å²) in [7, 11) is 1.62. The third-order valence-corrected chi connectivity index (χ3v) is 2.00. The first-order valence-corrected chi connectivity index (χ1v) is 3.86. The highest BCUT2D eigenvalue weighted by atomic mass is 35.5. The van der Waals surface area contributed by atoms with E-state index in [1.807, 2.05) is 18.2 Å². The predicted molar refractivity (Wildman–Crippen MR) is 47.7 cm³/mol. The number of aromatic nitrogens is 2. The molecule has 1 aromatic carbocycles. The summed E-state index contributed by atoms with van der Waals surface area (Å²) in [5, 5.41) is 8.10. The van der Waals surface area contributed by atoms with E-state index in [1.165, 1.54) is 0 Å². The number of aromatic amines is 1. The number of halogens is 1. The van der Waals surface area contributed by atoms with Gasteiger partial charge in [-0.1, -0.05) is 11.6 Å². The van der Waals surface area contributed by atoms with Crippen LogP contribution in [0.3, 0.4) is 0 Å². The fraction of sp³-hybridized carbons (Fsp3) is 0.125. The van der Waals surface area contributed by atoms with Gasteiger partial charge in [-0.15, -0.1) is 0 Å². The second-order valence-electron chi connectivity index (χ2n) is 2.42. The molecule has 2 aromatic rings. The highest BCUT2D eigenvalue weighted by molar-refractivity contribution is 6.34. The Labute approximate surface area is 74.3 Å². The quantitative estimate of drug-likeness (QED) is 0.735. The van der Waals surface area contributed by atoms with Crippen molar-refractivity contribution in [3.05, 3.63) is 23.4 Å². The van der Waals surface area contributed by atoms with Crippen molar-refractivity contribution < 1.29 is 4.74 Å². The van der Waals surface area contributed by atoms with Crippen LogP contribution < -0.4 is 4.74 Å². The molecule has 4 heteroatoms. The molecular formula is C8H7ClN2O. The fourth-order valence-corrected chi connectivity index (χ4v) is 1.28. The van der Waals surface area contributed by atoms with E-state index >= 15 is 0 Å². The Morgan fingerprint density at radius 2 is 2.33 bits per heavy atom. The zero-order valence-corrected chi connectivity index (χ0v) is 7.22. The number of nitrogens with zero attached hydrogens (tertiary/aromatic N) is 1. The zero-order valence-electron chi connectivity index (χ0n) is 6.47. The van der Waals surface area contributed by atoms with Crippen molar-refractivity contribution in [1.29, 1.82) is 0 Å². The van der Waals surface area contributed by atoms with Gasteiger partial charge >= 0.3 is 0 Å². The van der Waals surface area contributed by atoms with Crippen LogP contribution in [0.5, 0.6) is 5.75 Å². The molecule has 2 rings (SSSR count). The lowest BCUT2D eigenvalue weighted by Crippen LogP contribution is -1.80.